The molecule has 4 nitrogen and oxygen atoms in total. The monoisotopic (exact) mass is 374 g/mol. The van der Waals surface area contributed by atoms with E-state index in [0.717, 1.165) is 15.6 Å². The molecule has 5 heteroatoms. The number of rotatable bonds is 5. The van der Waals surface area contributed by atoms with Gasteiger partial charge in [0.1, 0.15) is 6.42 Å². The van der Waals surface area contributed by atoms with Gasteiger partial charge in [0, 0.05) is 10.2 Å². The summed E-state index contributed by atoms with van der Waals surface area (Å²) >= 11 is 3.41. The van der Waals surface area contributed by atoms with Crippen LogP contribution in [0.1, 0.15) is 30.5 Å². The highest BCUT2D eigenvalue weighted by Crippen LogP contribution is 2.20. The Kier molecular flexibility index (Phi) is 5.93. The summed E-state index contributed by atoms with van der Waals surface area (Å²) in [6, 6.07) is 15.0. The van der Waals surface area contributed by atoms with E-state index in [0.29, 0.717) is 5.69 Å². The highest BCUT2D eigenvalue weighted by Gasteiger charge is 2.13. The first-order valence-electron chi connectivity index (χ1n) is 7.36. The van der Waals surface area contributed by atoms with Crippen molar-refractivity contribution in [3.63, 3.8) is 0 Å². The van der Waals surface area contributed by atoms with Crippen LogP contribution in [-0.4, -0.2) is 11.8 Å². The maximum Gasteiger partial charge on any atom is 0.233 e. The van der Waals surface area contributed by atoms with Crippen LogP contribution in [0, 0.1) is 6.92 Å². The van der Waals surface area contributed by atoms with Crippen molar-refractivity contribution in [1.29, 1.82) is 0 Å². The Labute approximate surface area is 144 Å². The van der Waals surface area contributed by atoms with Crippen LogP contribution in [0.2, 0.25) is 0 Å². The van der Waals surface area contributed by atoms with Gasteiger partial charge < -0.3 is 10.6 Å². The lowest BCUT2D eigenvalue weighted by Gasteiger charge is -2.14. The van der Waals surface area contributed by atoms with E-state index in [4.69, 9.17) is 0 Å². The molecule has 23 heavy (non-hydrogen) atoms. The van der Waals surface area contributed by atoms with E-state index in [1.54, 1.807) is 6.07 Å². The molecular weight excluding hydrogens is 356 g/mol. The second-order valence-corrected chi connectivity index (χ2v) is 6.24. The minimum atomic E-state index is -0.329. The van der Waals surface area contributed by atoms with Crippen LogP contribution in [-0.2, 0) is 9.59 Å². The molecule has 120 valence electrons. The first kappa shape index (κ1) is 17.2. The topological polar surface area (TPSA) is 58.2 Å². The van der Waals surface area contributed by atoms with Crippen LogP contribution in [0.25, 0.3) is 0 Å². The van der Waals surface area contributed by atoms with E-state index >= 15 is 0 Å². The lowest BCUT2D eigenvalue weighted by Crippen LogP contribution is -2.30. The van der Waals surface area contributed by atoms with E-state index in [2.05, 4.69) is 26.6 Å². The van der Waals surface area contributed by atoms with Crippen molar-refractivity contribution in [2.75, 3.05) is 5.32 Å². The van der Waals surface area contributed by atoms with Gasteiger partial charge in [-0.25, -0.2) is 0 Å². The van der Waals surface area contributed by atoms with Crippen molar-refractivity contribution in [2.24, 2.45) is 0 Å². The van der Waals surface area contributed by atoms with E-state index in [1.165, 1.54) is 0 Å². The van der Waals surface area contributed by atoms with Gasteiger partial charge in [0.25, 0.3) is 0 Å². The van der Waals surface area contributed by atoms with Crippen molar-refractivity contribution in [3.05, 3.63) is 64.1 Å². The number of aryl methyl sites for hydroxylation is 1. The zero-order chi connectivity index (χ0) is 16.8. The molecule has 0 saturated heterocycles. The van der Waals surface area contributed by atoms with Gasteiger partial charge in [0.2, 0.25) is 11.8 Å². The summed E-state index contributed by atoms with van der Waals surface area (Å²) in [5.41, 5.74) is 2.70. The number of hydrogen-bond donors (Lipinski definition) is 2. The summed E-state index contributed by atoms with van der Waals surface area (Å²) < 4.78 is 0.977. The van der Waals surface area contributed by atoms with Crippen molar-refractivity contribution >= 4 is 33.4 Å². The molecular formula is C18H19BrN2O2. The Hall–Kier alpha value is -2.14. The number of nitrogens with one attached hydrogen (secondary N) is 2. The molecule has 2 aromatic carbocycles. The molecule has 2 N–H and O–H groups in total. The van der Waals surface area contributed by atoms with E-state index in [1.807, 2.05) is 56.3 Å². The normalized spacial score (nSPS) is 11.6. The Morgan fingerprint density at radius 1 is 1.09 bits per heavy atom. The summed E-state index contributed by atoms with van der Waals surface area (Å²) in [7, 11) is 0. The van der Waals surface area contributed by atoms with Crippen LogP contribution in [0.4, 0.5) is 5.69 Å². The van der Waals surface area contributed by atoms with Crippen molar-refractivity contribution in [3.8, 4) is 0 Å². The lowest BCUT2D eigenvalue weighted by molar-refractivity contribution is -0.127. The fourth-order valence-corrected chi connectivity index (χ4v) is 2.44. The van der Waals surface area contributed by atoms with Gasteiger partial charge in [0.15, 0.2) is 0 Å². The molecule has 2 amide bonds. The molecule has 2 rings (SSSR count). The third-order valence-electron chi connectivity index (χ3n) is 3.44. The van der Waals surface area contributed by atoms with Gasteiger partial charge in [0.05, 0.1) is 6.04 Å². The smallest absolute Gasteiger partial charge is 0.233 e. The maximum atomic E-state index is 12.0. The van der Waals surface area contributed by atoms with Gasteiger partial charge in [-0.1, -0.05) is 46.3 Å². The molecule has 0 aromatic heterocycles. The Balaban J connectivity index is 1.87. The SMILES string of the molecule is Cc1cc(NC(=O)CC(=O)NC(C)c2ccccc2)ccc1Br. The van der Waals surface area contributed by atoms with Crippen molar-refractivity contribution in [2.45, 2.75) is 26.3 Å². The largest absolute Gasteiger partial charge is 0.349 e. The van der Waals surface area contributed by atoms with Gasteiger partial charge >= 0.3 is 0 Å². The zero-order valence-corrected chi connectivity index (χ0v) is 14.7. The van der Waals surface area contributed by atoms with Crippen LogP contribution in [0.3, 0.4) is 0 Å². The predicted octanol–water partition coefficient (Wildman–Crippen LogP) is 3.96. The van der Waals surface area contributed by atoms with Gasteiger partial charge in [-0.2, -0.15) is 0 Å². The summed E-state index contributed by atoms with van der Waals surface area (Å²) in [6.45, 7) is 3.83. The predicted molar refractivity (Wildman–Crippen MR) is 95.1 cm³/mol. The van der Waals surface area contributed by atoms with E-state index in [-0.39, 0.29) is 24.3 Å². The first-order valence-corrected chi connectivity index (χ1v) is 8.15. The van der Waals surface area contributed by atoms with Gasteiger partial charge in [-0.15, -0.1) is 0 Å². The molecule has 1 unspecified atom stereocenters. The van der Waals surface area contributed by atoms with E-state index < -0.39 is 0 Å². The Morgan fingerprint density at radius 3 is 2.43 bits per heavy atom. The molecule has 0 aliphatic carbocycles. The number of carbonyl (C=O) groups is 2. The van der Waals surface area contributed by atoms with Gasteiger partial charge in [-0.05, 0) is 43.2 Å². The molecule has 0 fully saturated rings. The molecule has 0 heterocycles. The molecule has 0 saturated carbocycles. The Bertz CT molecular complexity index is 701. The van der Waals surface area contributed by atoms with Gasteiger partial charge in [-0.3, -0.25) is 9.59 Å². The highest BCUT2D eigenvalue weighted by molar-refractivity contribution is 9.10. The van der Waals surface area contributed by atoms with Crippen LogP contribution >= 0.6 is 15.9 Å². The van der Waals surface area contributed by atoms with E-state index in [9.17, 15) is 9.59 Å². The number of hydrogen-bond acceptors (Lipinski definition) is 2. The zero-order valence-electron chi connectivity index (χ0n) is 13.1. The second kappa shape index (κ2) is 7.92. The first-order chi connectivity index (χ1) is 11.0. The average Bonchev–Trinajstić information content (AvgIpc) is 2.51. The van der Waals surface area contributed by atoms with Crippen LogP contribution in [0.5, 0.6) is 0 Å². The molecule has 0 spiro atoms. The number of benzene rings is 2. The summed E-state index contributed by atoms with van der Waals surface area (Å²) in [6.07, 6.45) is -0.202. The molecule has 2 aromatic rings. The third kappa shape index (κ3) is 5.21. The minimum Gasteiger partial charge on any atom is -0.349 e. The van der Waals surface area contributed by atoms with Crippen molar-refractivity contribution < 1.29 is 9.59 Å². The Morgan fingerprint density at radius 2 is 1.78 bits per heavy atom. The fourth-order valence-electron chi connectivity index (χ4n) is 2.19. The van der Waals surface area contributed by atoms with Crippen LogP contribution < -0.4 is 10.6 Å². The number of anilines is 1. The standard InChI is InChI=1S/C18H19BrN2O2/c1-12-10-15(8-9-16(12)19)21-18(23)11-17(22)20-13(2)14-6-4-3-5-7-14/h3-10,13H,11H2,1-2H3,(H,20,22)(H,21,23). The van der Waals surface area contributed by atoms with Crippen molar-refractivity contribution in [1.82, 2.24) is 5.32 Å². The lowest BCUT2D eigenvalue weighted by atomic mass is 10.1. The molecule has 0 aliphatic rings. The minimum absolute atomic E-state index is 0.133. The summed E-state index contributed by atoms with van der Waals surface area (Å²) in [5.74, 6) is -0.628. The quantitative estimate of drug-likeness (QED) is 0.778. The maximum absolute atomic E-state index is 12.0. The van der Waals surface area contributed by atoms with Crippen LogP contribution in [0.15, 0.2) is 53.0 Å². The fraction of sp³-hybridized carbons (Fsp3) is 0.222. The number of amides is 2. The average molecular weight is 375 g/mol. The number of halogens is 1. The summed E-state index contributed by atoms with van der Waals surface area (Å²) in [5, 5.41) is 5.56. The molecule has 1 atom stereocenters. The highest BCUT2D eigenvalue weighted by atomic mass is 79.9. The molecule has 0 bridgehead atoms. The third-order valence-corrected chi connectivity index (χ3v) is 4.33. The molecule has 0 aliphatic heterocycles. The second-order valence-electron chi connectivity index (χ2n) is 5.39. The number of carbonyl (C=O) groups excluding carboxylic acids is 2. The summed E-state index contributed by atoms with van der Waals surface area (Å²) in [4.78, 5) is 23.9. The molecule has 0 radical (unpaired) electrons.